The molecule has 0 spiro atoms. The van der Waals surface area contributed by atoms with Crippen molar-refractivity contribution in [2.75, 3.05) is 5.32 Å². The van der Waals surface area contributed by atoms with E-state index in [0.29, 0.717) is 10.2 Å². The van der Waals surface area contributed by atoms with E-state index in [2.05, 4.69) is 10.3 Å². The lowest BCUT2D eigenvalue weighted by atomic mass is 10.1. The summed E-state index contributed by atoms with van der Waals surface area (Å²) in [5.41, 5.74) is 4.11. The van der Waals surface area contributed by atoms with Crippen LogP contribution in [-0.4, -0.2) is 15.5 Å². The van der Waals surface area contributed by atoms with Gasteiger partial charge in [-0.05, 0) is 44.0 Å². The average molecular weight is 438 g/mol. The fourth-order valence-electron chi connectivity index (χ4n) is 3.54. The molecule has 2 aromatic carbocycles. The molecule has 1 N–H and O–H groups in total. The van der Waals surface area contributed by atoms with E-state index in [9.17, 15) is 9.59 Å². The van der Waals surface area contributed by atoms with Crippen molar-refractivity contribution in [2.24, 2.45) is 0 Å². The SMILES string of the molecule is Cc1cc(=O)n(C(C)C(=O)Nc2nc(-c3ccc(Cl)cc3)cs2)c2c(C)cccc12. The van der Waals surface area contributed by atoms with Crippen LogP contribution < -0.4 is 10.9 Å². The molecule has 0 aliphatic rings. The van der Waals surface area contributed by atoms with E-state index < -0.39 is 6.04 Å². The molecule has 30 heavy (non-hydrogen) atoms. The third kappa shape index (κ3) is 3.76. The molecular formula is C23H20ClN3O2S. The number of carbonyl (C=O) groups excluding carboxylic acids is 1. The number of amides is 1. The number of para-hydroxylation sites is 1. The van der Waals surface area contributed by atoms with Gasteiger partial charge in [0.15, 0.2) is 5.13 Å². The van der Waals surface area contributed by atoms with Crippen LogP contribution in [0.2, 0.25) is 5.02 Å². The highest BCUT2D eigenvalue weighted by atomic mass is 35.5. The molecule has 5 nitrogen and oxygen atoms in total. The van der Waals surface area contributed by atoms with Gasteiger partial charge in [-0.3, -0.25) is 14.2 Å². The maximum atomic E-state index is 13.0. The molecule has 1 atom stereocenters. The van der Waals surface area contributed by atoms with E-state index >= 15 is 0 Å². The van der Waals surface area contributed by atoms with Crippen LogP contribution in [0.1, 0.15) is 24.1 Å². The normalized spacial score (nSPS) is 12.1. The molecule has 1 unspecified atom stereocenters. The molecule has 4 aromatic rings. The minimum Gasteiger partial charge on any atom is -0.300 e. The second kappa shape index (κ2) is 8.05. The third-order valence-corrected chi connectivity index (χ3v) is 6.13. The Balaban J connectivity index is 1.64. The number of halogens is 1. The molecule has 2 aromatic heterocycles. The Morgan fingerprint density at radius 1 is 1.13 bits per heavy atom. The first-order valence-electron chi connectivity index (χ1n) is 9.49. The number of pyridine rings is 1. The lowest BCUT2D eigenvalue weighted by Crippen LogP contribution is -2.32. The third-order valence-electron chi connectivity index (χ3n) is 5.12. The highest BCUT2D eigenvalue weighted by molar-refractivity contribution is 7.14. The summed E-state index contributed by atoms with van der Waals surface area (Å²) in [6, 6.07) is 14.1. The Hall–Kier alpha value is -2.96. The zero-order valence-electron chi connectivity index (χ0n) is 16.8. The lowest BCUT2D eigenvalue weighted by molar-refractivity contribution is -0.118. The Morgan fingerprint density at radius 2 is 1.87 bits per heavy atom. The quantitative estimate of drug-likeness (QED) is 0.452. The number of rotatable bonds is 4. The van der Waals surface area contributed by atoms with Gasteiger partial charge in [0.1, 0.15) is 6.04 Å². The fraction of sp³-hybridized carbons (Fsp3) is 0.174. The number of anilines is 1. The van der Waals surface area contributed by atoms with E-state index in [4.69, 9.17) is 11.6 Å². The van der Waals surface area contributed by atoms with Crippen LogP contribution in [0.3, 0.4) is 0 Å². The van der Waals surface area contributed by atoms with E-state index in [1.54, 1.807) is 29.7 Å². The molecule has 0 fully saturated rings. The standard InChI is InChI=1S/C23H20ClN3O2S/c1-13-5-4-6-18-14(2)11-20(28)27(21(13)18)15(3)22(29)26-23-25-19(12-30-23)16-7-9-17(24)10-8-16/h4-12,15H,1-3H3,(H,25,26,29). The summed E-state index contributed by atoms with van der Waals surface area (Å²) < 4.78 is 1.56. The van der Waals surface area contributed by atoms with E-state index in [-0.39, 0.29) is 11.5 Å². The van der Waals surface area contributed by atoms with Gasteiger partial charge < -0.3 is 5.32 Å². The largest absolute Gasteiger partial charge is 0.300 e. The fourth-order valence-corrected chi connectivity index (χ4v) is 4.38. The minimum absolute atomic E-state index is 0.196. The van der Waals surface area contributed by atoms with Crippen molar-refractivity contribution in [3.05, 3.63) is 80.4 Å². The van der Waals surface area contributed by atoms with E-state index in [0.717, 1.165) is 33.3 Å². The zero-order chi connectivity index (χ0) is 21.4. The first-order chi connectivity index (χ1) is 14.3. The van der Waals surface area contributed by atoms with Crippen LogP contribution in [-0.2, 0) is 4.79 Å². The monoisotopic (exact) mass is 437 g/mol. The number of hydrogen-bond donors (Lipinski definition) is 1. The Morgan fingerprint density at radius 3 is 2.60 bits per heavy atom. The number of nitrogens with zero attached hydrogens (tertiary/aromatic N) is 2. The molecule has 0 aliphatic carbocycles. The average Bonchev–Trinajstić information content (AvgIpc) is 3.17. The lowest BCUT2D eigenvalue weighted by Gasteiger charge is -2.19. The molecule has 4 rings (SSSR count). The van der Waals surface area contributed by atoms with Crippen molar-refractivity contribution in [3.8, 4) is 11.3 Å². The summed E-state index contributed by atoms with van der Waals surface area (Å²) in [5, 5.41) is 6.83. The first-order valence-corrected chi connectivity index (χ1v) is 10.7. The van der Waals surface area contributed by atoms with Gasteiger partial charge in [-0.15, -0.1) is 11.3 Å². The Labute approximate surface area is 183 Å². The molecule has 2 heterocycles. The second-order valence-electron chi connectivity index (χ2n) is 7.22. The van der Waals surface area contributed by atoms with Crippen LogP contribution in [0.4, 0.5) is 5.13 Å². The first kappa shape index (κ1) is 20.3. The van der Waals surface area contributed by atoms with Gasteiger partial charge in [-0.1, -0.05) is 41.9 Å². The van der Waals surface area contributed by atoms with Crippen LogP contribution in [0, 0.1) is 13.8 Å². The van der Waals surface area contributed by atoms with E-state index in [1.165, 1.54) is 11.3 Å². The zero-order valence-corrected chi connectivity index (χ0v) is 18.3. The predicted molar refractivity (Wildman–Crippen MR) is 124 cm³/mol. The van der Waals surface area contributed by atoms with Crippen molar-refractivity contribution in [1.82, 2.24) is 9.55 Å². The van der Waals surface area contributed by atoms with Crippen molar-refractivity contribution < 1.29 is 4.79 Å². The molecule has 0 bridgehead atoms. The number of thiazole rings is 1. The molecule has 1 amide bonds. The van der Waals surface area contributed by atoms with Gasteiger partial charge in [-0.2, -0.15) is 0 Å². The maximum Gasteiger partial charge on any atom is 0.252 e. The molecule has 0 radical (unpaired) electrons. The van der Waals surface area contributed by atoms with Crippen LogP contribution in [0.5, 0.6) is 0 Å². The molecule has 0 saturated heterocycles. The minimum atomic E-state index is -0.690. The summed E-state index contributed by atoms with van der Waals surface area (Å²) in [7, 11) is 0. The molecule has 7 heteroatoms. The number of fused-ring (bicyclic) bond motifs is 1. The number of aromatic nitrogens is 2. The number of nitrogens with one attached hydrogen (secondary N) is 1. The summed E-state index contributed by atoms with van der Waals surface area (Å²) in [5.74, 6) is -0.289. The van der Waals surface area contributed by atoms with Gasteiger partial charge >= 0.3 is 0 Å². The van der Waals surface area contributed by atoms with Gasteiger partial charge in [0.25, 0.3) is 5.56 Å². The molecule has 0 aliphatic heterocycles. The number of carbonyl (C=O) groups is 1. The Bertz CT molecular complexity index is 1310. The summed E-state index contributed by atoms with van der Waals surface area (Å²) in [4.78, 5) is 30.3. The highest BCUT2D eigenvalue weighted by Crippen LogP contribution is 2.27. The van der Waals surface area contributed by atoms with Crippen LogP contribution in [0.15, 0.2) is 58.7 Å². The molecule has 152 valence electrons. The second-order valence-corrected chi connectivity index (χ2v) is 8.51. The van der Waals surface area contributed by atoms with Crippen LogP contribution in [0.25, 0.3) is 22.2 Å². The van der Waals surface area contributed by atoms with Crippen molar-refractivity contribution in [3.63, 3.8) is 0 Å². The number of aryl methyl sites for hydroxylation is 2. The summed E-state index contributed by atoms with van der Waals surface area (Å²) in [6.45, 7) is 5.58. The van der Waals surface area contributed by atoms with Gasteiger partial charge in [0.2, 0.25) is 5.91 Å². The van der Waals surface area contributed by atoms with E-state index in [1.807, 2.05) is 49.6 Å². The highest BCUT2D eigenvalue weighted by Gasteiger charge is 2.21. The maximum absolute atomic E-state index is 13.0. The molecule has 0 saturated carbocycles. The van der Waals surface area contributed by atoms with Gasteiger partial charge in [0.05, 0.1) is 11.2 Å². The predicted octanol–water partition coefficient (Wildman–Crippen LogP) is 5.59. The Kier molecular flexibility index (Phi) is 5.45. The van der Waals surface area contributed by atoms with Crippen molar-refractivity contribution in [2.45, 2.75) is 26.8 Å². The van der Waals surface area contributed by atoms with Crippen molar-refractivity contribution in [1.29, 1.82) is 0 Å². The van der Waals surface area contributed by atoms with Gasteiger partial charge in [0, 0.05) is 27.4 Å². The van der Waals surface area contributed by atoms with Crippen LogP contribution >= 0.6 is 22.9 Å². The summed E-state index contributed by atoms with van der Waals surface area (Å²) >= 11 is 7.28. The van der Waals surface area contributed by atoms with Gasteiger partial charge in [-0.25, -0.2) is 4.98 Å². The smallest absolute Gasteiger partial charge is 0.252 e. The molecular weight excluding hydrogens is 418 g/mol. The van der Waals surface area contributed by atoms with Crippen molar-refractivity contribution >= 4 is 44.9 Å². The number of benzene rings is 2. The number of hydrogen-bond acceptors (Lipinski definition) is 4. The summed E-state index contributed by atoms with van der Waals surface area (Å²) in [6.07, 6.45) is 0. The topological polar surface area (TPSA) is 64.0 Å².